The first-order valence-corrected chi connectivity index (χ1v) is 6.85. The molecule has 0 aliphatic heterocycles. The van der Waals surface area contributed by atoms with Crippen LogP contribution in [0, 0.1) is 11.3 Å². The van der Waals surface area contributed by atoms with Crippen molar-refractivity contribution in [3.63, 3.8) is 0 Å². The monoisotopic (exact) mass is 239 g/mol. The van der Waals surface area contributed by atoms with Gasteiger partial charge in [-0.15, -0.1) is 0 Å². The highest BCUT2D eigenvalue weighted by Gasteiger charge is 2.01. The molecule has 0 saturated carbocycles. The molecule has 16 heavy (non-hydrogen) atoms. The number of nitriles is 1. The van der Waals surface area contributed by atoms with Gasteiger partial charge in [0, 0.05) is 19.0 Å². The third kappa shape index (κ3) is 4.75. The van der Waals surface area contributed by atoms with Gasteiger partial charge in [-0.25, -0.2) is 13.4 Å². The number of pyridine rings is 1. The zero-order valence-electron chi connectivity index (χ0n) is 8.97. The summed E-state index contributed by atoms with van der Waals surface area (Å²) in [5, 5.41) is 11.5. The summed E-state index contributed by atoms with van der Waals surface area (Å²) >= 11 is 0. The smallest absolute Gasteiger partial charge is 0.147 e. The Balaban J connectivity index is 2.36. The number of hydrogen-bond acceptors (Lipinski definition) is 5. The molecule has 6 heteroatoms. The summed E-state index contributed by atoms with van der Waals surface area (Å²) < 4.78 is 21.7. The van der Waals surface area contributed by atoms with Crippen LogP contribution in [0.3, 0.4) is 0 Å². The summed E-state index contributed by atoms with van der Waals surface area (Å²) in [7, 11) is -2.89. The molecule has 1 aromatic rings. The molecular formula is C10H13N3O2S. The van der Waals surface area contributed by atoms with Crippen LogP contribution in [0.1, 0.15) is 12.0 Å². The van der Waals surface area contributed by atoms with Gasteiger partial charge < -0.3 is 5.32 Å². The lowest BCUT2D eigenvalue weighted by Crippen LogP contribution is -2.10. The van der Waals surface area contributed by atoms with Crippen molar-refractivity contribution in [2.45, 2.75) is 6.42 Å². The minimum atomic E-state index is -2.89. The van der Waals surface area contributed by atoms with E-state index in [1.54, 1.807) is 12.1 Å². The molecule has 0 aliphatic carbocycles. The van der Waals surface area contributed by atoms with Crippen LogP contribution in [0.2, 0.25) is 0 Å². The Morgan fingerprint density at radius 3 is 2.75 bits per heavy atom. The quantitative estimate of drug-likeness (QED) is 0.768. The van der Waals surface area contributed by atoms with Gasteiger partial charge in [-0.1, -0.05) is 0 Å². The summed E-state index contributed by atoms with van der Waals surface area (Å²) in [6.07, 6.45) is 3.23. The topological polar surface area (TPSA) is 82.9 Å². The van der Waals surface area contributed by atoms with E-state index in [0.717, 1.165) is 0 Å². The Morgan fingerprint density at radius 2 is 2.25 bits per heavy atom. The van der Waals surface area contributed by atoms with Crippen LogP contribution in [0.4, 0.5) is 5.82 Å². The average molecular weight is 239 g/mol. The van der Waals surface area contributed by atoms with Gasteiger partial charge in [0.05, 0.1) is 11.3 Å². The molecule has 0 radical (unpaired) electrons. The molecule has 0 unspecified atom stereocenters. The zero-order chi connectivity index (χ0) is 12.0. The predicted octanol–water partition coefficient (Wildman–Crippen LogP) is 0.800. The standard InChI is InChI=1S/C10H13N3O2S/c1-16(14,15)6-2-5-12-10-4-3-9(7-11)8-13-10/h3-4,8H,2,5-6H2,1H3,(H,12,13). The molecule has 0 amide bonds. The minimum absolute atomic E-state index is 0.163. The van der Waals surface area contributed by atoms with Gasteiger partial charge >= 0.3 is 0 Å². The average Bonchev–Trinajstić information content (AvgIpc) is 2.24. The molecule has 0 saturated heterocycles. The van der Waals surface area contributed by atoms with E-state index in [-0.39, 0.29) is 5.75 Å². The van der Waals surface area contributed by atoms with E-state index in [2.05, 4.69) is 10.3 Å². The number of anilines is 1. The molecule has 86 valence electrons. The largest absolute Gasteiger partial charge is 0.370 e. The third-order valence-corrected chi connectivity index (χ3v) is 2.92. The van der Waals surface area contributed by atoms with Gasteiger partial charge in [-0.05, 0) is 18.6 Å². The highest BCUT2D eigenvalue weighted by atomic mass is 32.2. The lowest BCUT2D eigenvalue weighted by molar-refractivity contribution is 0.600. The Hall–Kier alpha value is -1.61. The second-order valence-electron chi connectivity index (χ2n) is 3.45. The van der Waals surface area contributed by atoms with Gasteiger partial charge in [0.1, 0.15) is 21.7 Å². The Labute approximate surface area is 95.0 Å². The molecular weight excluding hydrogens is 226 g/mol. The van der Waals surface area contributed by atoms with Gasteiger partial charge in [0.15, 0.2) is 0 Å². The van der Waals surface area contributed by atoms with Crippen LogP contribution in [0.5, 0.6) is 0 Å². The van der Waals surface area contributed by atoms with Crippen LogP contribution < -0.4 is 5.32 Å². The summed E-state index contributed by atoms with van der Waals surface area (Å²) in [4.78, 5) is 4.00. The summed E-state index contributed by atoms with van der Waals surface area (Å²) in [5.41, 5.74) is 0.502. The number of aromatic nitrogens is 1. The Morgan fingerprint density at radius 1 is 1.50 bits per heavy atom. The predicted molar refractivity (Wildman–Crippen MR) is 61.8 cm³/mol. The molecule has 1 rings (SSSR count). The van der Waals surface area contributed by atoms with Crippen LogP contribution in [-0.2, 0) is 9.84 Å². The molecule has 0 aromatic carbocycles. The van der Waals surface area contributed by atoms with E-state index in [1.165, 1.54) is 12.5 Å². The van der Waals surface area contributed by atoms with Crippen molar-refractivity contribution in [1.82, 2.24) is 4.98 Å². The second-order valence-corrected chi connectivity index (χ2v) is 5.71. The maximum Gasteiger partial charge on any atom is 0.147 e. The molecule has 1 heterocycles. The molecule has 1 aromatic heterocycles. The summed E-state index contributed by atoms with van der Waals surface area (Å²) in [6, 6.07) is 5.32. The summed E-state index contributed by atoms with van der Waals surface area (Å²) in [5.74, 6) is 0.809. The number of hydrogen-bond donors (Lipinski definition) is 1. The lowest BCUT2D eigenvalue weighted by Gasteiger charge is -2.04. The van der Waals surface area contributed by atoms with E-state index in [0.29, 0.717) is 24.3 Å². The van der Waals surface area contributed by atoms with Crippen molar-refractivity contribution in [1.29, 1.82) is 5.26 Å². The van der Waals surface area contributed by atoms with E-state index < -0.39 is 9.84 Å². The Kier molecular flexibility index (Phi) is 4.26. The van der Waals surface area contributed by atoms with Crippen molar-refractivity contribution in [3.8, 4) is 6.07 Å². The van der Waals surface area contributed by atoms with E-state index in [4.69, 9.17) is 5.26 Å². The normalized spacial score (nSPS) is 10.8. The number of nitrogens with one attached hydrogen (secondary N) is 1. The van der Waals surface area contributed by atoms with Gasteiger partial charge in [0.2, 0.25) is 0 Å². The highest BCUT2D eigenvalue weighted by molar-refractivity contribution is 7.90. The first kappa shape index (κ1) is 12.5. The van der Waals surface area contributed by atoms with E-state index in [1.807, 2.05) is 6.07 Å². The number of nitrogens with zero attached hydrogens (tertiary/aromatic N) is 2. The molecule has 0 aliphatic rings. The Bertz CT molecular complexity index is 474. The maximum atomic E-state index is 10.8. The van der Waals surface area contributed by atoms with E-state index >= 15 is 0 Å². The molecule has 0 bridgehead atoms. The molecule has 5 nitrogen and oxygen atoms in total. The van der Waals surface area contributed by atoms with Crippen molar-refractivity contribution in [3.05, 3.63) is 23.9 Å². The molecule has 1 N–H and O–H groups in total. The van der Waals surface area contributed by atoms with E-state index in [9.17, 15) is 8.42 Å². The van der Waals surface area contributed by atoms with Crippen LogP contribution in [0.25, 0.3) is 0 Å². The van der Waals surface area contributed by atoms with Crippen molar-refractivity contribution in [2.24, 2.45) is 0 Å². The second kappa shape index (κ2) is 5.47. The first-order valence-electron chi connectivity index (χ1n) is 4.79. The van der Waals surface area contributed by atoms with Crippen LogP contribution in [-0.4, -0.2) is 32.0 Å². The first-order chi connectivity index (χ1) is 7.51. The zero-order valence-corrected chi connectivity index (χ0v) is 9.79. The fraction of sp³-hybridized carbons (Fsp3) is 0.400. The van der Waals surface area contributed by atoms with Gasteiger partial charge in [0.25, 0.3) is 0 Å². The number of rotatable bonds is 5. The fourth-order valence-corrected chi connectivity index (χ4v) is 1.78. The van der Waals surface area contributed by atoms with Crippen molar-refractivity contribution >= 4 is 15.7 Å². The van der Waals surface area contributed by atoms with Gasteiger partial charge in [-0.2, -0.15) is 5.26 Å². The maximum absolute atomic E-state index is 10.8. The van der Waals surface area contributed by atoms with Crippen molar-refractivity contribution in [2.75, 3.05) is 23.9 Å². The lowest BCUT2D eigenvalue weighted by atomic mass is 10.3. The highest BCUT2D eigenvalue weighted by Crippen LogP contribution is 2.03. The molecule has 0 spiro atoms. The van der Waals surface area contributed by atoms with Crippen LogP contribution in [0.15, 0.2) is 18.3 Å². The van der Waals surface area contributed by atoms with Crippen molar-refractivity contribution < 1.29 is 8.42 Å². The molecule has 0 fully saturated rings. The SMILES string of the molecule is CS(=O)(=O)CCCNc1ccc(C#N)cn1. The fourth-order valence-electron chi connectivity index (χ4n) is 1.12. The molecule has 0 atom stereocenters. The minimum Gasteiger partial charge on any atom is -0.370 e. The number of sulfone groups is 1. The third-order valence-electron chi connectivity index (χ3n) is 1.89. The van der Waals surface area contributed by atoms with Crippen LogP contribution >= 0.6 is 0 Å². The van der Waals surface area contributed by atoms with Gasteiger partial charge in [-0.3, -0.25) is 0 Å². The summed E-state index contributed by atoms with van der Waals surface area (Å²) in [6.45, 7) is 0.548.